The number of nitrogens with one attached hydrogen (secondary N) is 1. The van der Waals surface area contributed by atoms with Gasteiger partial charge in [0, 0.05) is 24.3 Å². The summed E-state index contributed by atoms with van der Waals surface area (Å²) in [6, 6.07) is 4.57. The van der Waals surface area contributed by atoms with Gasteiger partial charge in [0.2, 0.25) is 5.75 Å². The van der Waals surface area contributed by atoms with Crippen molar-refractivity contribution < 1.29 is 14.2 Å². The van der Waals surface area contributed by atoms with E-state index in [9.17, 15) is 0 Å². The van der Waals surface area contributed by atoms with E-state index >= 15 is 0 Å². The van der Waals surface area contributed by atoms with Gasteiger partial charge in [0.15, 0.2) is 11.5 Å². The number of benzene rings is 1. The molecule has 0 unspecified atom stereocenters. The summed E-state index contributed by atoms with van der Waals surface area (Å²) in [5.41, 5.74) is 1.02. The molecule has 5 nitrogen and oxygen atoms in total. The molecule has 1 aromatic carbocycles. The predicted octanol–water partition coefficient (Wildman–Crippen LogP) is 3.87. The van der Waals surface area contributed by atoms with Crippen LogP contribution in [0.25, 0.3) is 10.4 Å². The number of nitrogens with zero attached hydrogens (tertiary/aromatic N) is 1. The van der Waals surface area contributed by atoms with E-state index in [0.29, 0.717) is 23.3 Å². The van der Waals surface area contributed by atoms with Gasteiger partial charge in [-0.2, -0.15) is 0 Å². The van der Waals surface area contributed by atoms with E-state index in [1.165, 1.54) is 25.7 Å². The summed E-state index contributed by atoms with van der Waals surface area (Å²) in [7, 11) is 4.87. The molecule has 2 aromatic rings. The minimum atomic E-state index is 0.608. The summed E-state index contributed by atoms with van der Waals surface area (Å²) in [5.74, 6) is 1.92. The molecule has 1 fully saturated rings. The maximum Gasteiger partial charge on any atom is 0.203 e. The Kier molecular flexibility index (Phi) is 5.58. The van der Waals surface area contributed by atoms with Crippen molar-refractivity contribution in [3.63, 3.8) is 0 Å². The van der Waals surface area contributed by atoms with Gasteiger partial charge in [-0.1, -0.05) is 12.8 Å². The van der Waals surface area contributed by atoms with Gasteiger partial charge in [0.1, 0.15) is 5.01 Å². The Hall–Kier alpha value is -1.79. The average molecular weight is 348 g/mol. The second kappa shape index (κ2) is 7.85. The van der Waals surface area contributed by atoms with Crippen molar-refractivity contribution in [2.24, 2.45) is 0 Å². The fourth-order valence-corrected chi connectivity index (χ4v) is 3.97. The van der Waals surface area contributed by atoms with E-state index in [4.69, 9.17) is 14.2 Å². The first kappa shape index (κ1) is 17.0. The molecule has 1 heterocycles. The fraction of sp³-hybridized carbons (Fsp3) is 0.500. The fourth-order valence-electron chi connectivity index (χ4n) is 3.11. The summed E-state index contributed by atoms with van der Waals surface area (Å²) in [6.07, 6.45) is 7.16. The number of thiazole rings is 1. The van der Waals surface area contributed by atoms with Crippen LogP contribution in [0.5, 0.6) is 17.2 Å². The van der Waals surface area contributed by atoms with Crippen LogP contribution in [0.3, 0.4) is 0 Å². The highest BCUT2D eigenvalue weighted by Crippen LogP contribution is 2.42. The zero-order valence-electron chi connectivity index (χ0n) is 14.4. The molecule has 6 heteroatoms. The maximum atomic E-state index is 5.43. The minimum Gasteiger partial charge on any atom is -0.493 e. The highest BCUT2D eigenvalue weighted by molar-refractivity contribution is 7.15. The smallest absolute Gasteiger partial charge is 0.203 e. The average Bonchev–Trinajstić information content (AvgIpc) is 3.30. The van der Waals surface area contributed by atoms with E-state index in [1.54, 1.807) is 32.7 Å². The first-order valence-electron chi connectivity index (χ1n) is 8.23. The zero-order chi connectivity index (χ0) is 16.9. The SMILES string of the molecule is COc1cc(-c2cnc(CNC3CCCC3)s2)cc(OC)c1OC. The number of rotatable bonds is 7. The summed E-state index contributed by atoms with van der Waals surface area (Å²) in [6.45, 7) is 0.833. The molecular formula is C18H24N2O3S. The number of hydrogen-bond donors (Lipinski definition) is 1. The topological polar surface area (TPSA) is 52.6 Å². The van der Waals surface area contributed by atoms with Gasteiger partial charge in [0.05, 0.1) is 26.2 Å². The molecule has 0 aliphatic heterocycles. The molecular weight excluding hydrogens is 324 g/mol. The van der Waals surface area contributed by atoms with E-state index in [1.807, 2.05) is 18.3 Å². The first-order valence-corrected chi connectivity index (χ1v) is 9.05. The molecule has 0 radical (unpaired) electrons. The minimum absolute atomic E-state index is 0.608. The lowest BCUT2D eigenvalue weighted by Crippen LogP contribution is -2.25. The Bertz CT molecular complexity index is 656. The van der Waals surface area contributed by atoms with Crippen LogP contribution in [-0.2, 0) is 6.54 Å². The zero-order valence-corrected chi connectivity index (χ0v) is 15.2. The van der Waals surface area contributed by atoms with E-state index < -0.39 is 0 Å². The van der Waals surface area contributed by atoms with Crippen molar-refractivity contribution in [1.82, 2.24) is 10.3 Å². The Balaban J connectivity index is 1.78. The molecule has 1 aliphatic rings. The lowest BCUT2D eigenvalue weighted by atomic mass is 10.1. The monoisotopic (exact) mass is 348 g/mol. The van der Waals surface area contributed by atoms with Gasteiger partial charge in [-0.05, 0) is 25.0 Å². The molecule has 3 rings (SSSR count). The molecule has 1 saturated carbocycles. The molecule has 1 aromatic heterocycles. The third-order valence-corrected chi connectivity index (χ3v) is 5.45. The van der Waals surface area contributed by atoms with Crippen molar-refractivity contribution in [3.05, 3.63) is 23.3 Å². The molecule has 130 valence electrons. The summed E-state index contributed by atoms with van der Waals surface area (Å²) >= 11 is 1.70. The molecule has 0 spiro atoms. The van der Waals surface area contributed by atoms with Gasteiger partial charge in [-0.3, -0.25) is 0 Å². The largest absolute Gasteiger partial charge is 0.493 e. The second-order valence-corrected chi connectivity index (χ2v) is 7.01. The third kappa shape index (κ3) is 3.65. The first-order chi connectivity index (χ1) is 11.7. The number of aromatic nitrogens is 1. The van der Waals surface area contributed by atoms with Gasteiger partial charge in [0.25, 0.3) is 0 Å². The van der Waals surface area contributed by atoms with Crippen LogP contribution in [0.15, 0.2) is 18.3 Å². The predicted molar refractivity (Wildman–Crippen MR) is 96.3 cm³/mol. The van der Waals surface area contributed by atoms with Crippen LogP contribution in [0.1, 0.15) is 30.7 Å². The number of hydrogen-bond acceptors (Lipinski definition) is 6. The maximum absolute atomic E-state index is 5.43. The van der Waals surface area contributed by atoms with Crippen molar-refractivity contribution >= 4 is 11.3 Å². The Morgan fingerprint density at radius 1 is 1.08 bits per heavy atom. The van der Waals surface area contributed by atoms with Gasteiger partial charge >= 0.3 is 0 Å². The normalized spacial score (nSPS) is 14.8. The van der Waals surface area contributed by atoms with Crippen molar-refractivity contribution in [2.45, 2.75) is 38.3 Å². The molecule has 0 atom stereocenters. The quantitative estimate of drug-likeness (QED) is 0.823. The van der Waals surface area contributed by atoms with E-state index in [0.717, 1.165) is 22.0 Å². The van der Waals surface area contributed by atoms with Crippen LogP contribution in [0.4, 0.5) is 0 Å². The highest BCUT2D eigenvalue weighted by atomic mass is 32.1. The van der Waals surface area contributed by atoms with Gasteiger partial charge < -0.3 is 19.5 Å². The van der Waals surface area contributed by atoms with Crippen molar-refractivity contribution in [2.75, 3.05) is 21.3 Å². The Labute approximate surface area is 147 Å². The van der Waals surface area contributed by atoms with Gasteiger partial charge in [-0.25, -0.2) is 4.98 Å². The highest BCUT2D eigenvalue weighted by Gasteiger charge is 2.17. The summed E-state index contributed by atoms with van der Waals surface area (Å²) in [5, 5.41) is 4.71. The standard InChI is InChI=1S/C18H24N2O3S/c1-21-14-8-12(9-15(22-2)18(14)23-3)16-10-20-17(24-16)11-19-13-6-4-5-7-13/h8-10,13,19H,4-7,11H2,1-3H3. The number of ether oxygens (including phenoxy) is 3. The van der Waals surface area contributed by atoms with Gasteiger partial charge in [-0.15, -0.1) is 11.3 Å². The van der Waals surface area contributed by atoms with Crippen molar-refractivity contribution in [1.29, 1.82) is 0 Å². The van der Waals surface area contributed by atoms with Crippen LogP contribution in [-0.4, -0.2) is 32.4 Å². The summed E-state index contributed by atoms with van der Waals surface area (Å²) < 4.78 is 16.2. The molecule has 1 N–H and O–H groups in total. The molecule has 0 amide bonds. The summed E-state index contributed by atoms with van der Waals surface area (Å²) in [4.78, 5) is 5.65. The third-order valence-electron chi connectivity index (χ3n) is 4.40. The molecule has 1 aliphatic carbocycles. The van der Waals surface area contributed by atoms with Crippen LogP contribution >= 0.6 is 11.3 Å². The lowest BCUT2D eigenvalue weighted by Gasteiger charge is -2.13. The molecule has 24 heavy (non-hydrogen) atoms. The van der Waals surface area contributed by atoms with Crippen LogP contribution < -0.4 is 19.5 Å². The Morgan fingerprint density at radius 3 is 2.33 bits per heavy atom. The molecule has 0 saturated heterocycles. The van der Waals surface area contributed by atoms with E-state index in [2.05, 4.69) is 10.3 Å². The van der Waals surface area contributed by atoms with Crippen LogP contribution in [0, 0.1) is 0 Å². The molecule has 0 bridgehead atoms. The Morgan fingerprint density at radius 2 is 1.75 bits per heavy atom. The van der Waals surface area contributed by atoms with Crippen LogP contribution in [0.2, 0.25) is 0 Å². The second-order valence-electron chi connectivity index (χ2n) is 5.89. The van der Waals surface area contributed by atoms with E-state index in [-0.39, 0.29) is 0 Å². The van der Waals surface area contributed by atoms with Crippen molar-refractivity contribution in [3.8, 4) is 27.7 Å². The lowest BCUT2D eigenvalue weighted by molar-refractivity contribution is 0.324. The number of methoxy groups -OCH3 is 3.